The Balaban J connectivity index is 3.55. The number of hydrogen-bond donors (Lipinski definition) is 2. The van der Waals surface area contributed by atoms with Gasteiger partial charge in [0.05, 0.1) is 0 Å². The second-order valence-corrected chi connectivity index (χ2v) is 1.24. The van der Waals surface area contributed by atoms with Crippen LogP contribution in [0.15, 0.2) is 12.8 Å². The number of nitrogens with one attached hydrogen (secondary N) is 1. The van der Waals surface area contributed by atoms with E-state index in [0.717, 1.165) is 4.42 Å². The van der Waals surface area contributed by atoms with Crippen molar-refractivity contribution in [2.45, 2.75) is 0 Å². The monoisotopic (exact) mass is 119 g/mol. The van der Waals surface area contributed by atoms with Crippen molar-refractivity contribution in [2.24, 2.45) is 5.73 Å². The van der Waals surface area contributed by atoms with E-state index < -0.39 is 0 Å². The van der Waals surface area contributed by atoms with E-state index in [0.29, 0.717) is 0 Å². The lowest BCUT2D eigenvalue weighted by molar-refractivity contribution is 0.878. The largest absolute Gasteiger partial charge is 0.369 e. The van der Waals surface area contributed by atoms with Gasteiger partial charge in [-0.1, -0.05) is 6.58 Å². The van der Waals surface area contributed by atoms with Gasteiger partial charge in [0.2, 0.25) is 5.96 Å². The molecule has 0 aliphatic carbocycles. The Hall–Kier alpha value is -0.700. The highest BCUT2D eigenvalue weighted by Crippen LogP contribution is 1.88. The molecule has 0 saturated carbocycles. The number of halogens is 1. The van der Waals surface area contributed by atoms with Gasteiger partial charge >= 0.3 is 0 Å². The van der Waals surface area contributed by atoms with Gasteiger partial charge in [-0.25, -0.2) is 4.42 Å². The Labute approximate surface area is 47.0 Å². The first-order chi connectivity index (χ1) is 3.18. The average molecular weight is 120 g/mol. The van der Waals surface area contributed by atoms with Crippen LogP contribution in [0.2, 0.25) is 0 Å². The van der Waals surface area contributed by atoms with Crippen molar-refractivity contribution in [3.8, 4) is 0 Å². The molecule has 3 N–H and O–H groups in total. The second kappa shape index (κ2) is 2.47. The van der Waals surface area contributed by atoms with E-state index in [4.69, 9.17) is 22.9 Å². The summed E-state index contributed by atoms with van der Waals surface area (Å²) in [6, 6.07) is 0. The molecule has 7 heavy (non-hydrogen) atoms. The Bertz CT molecular complexity index is 90.2. The Kier molecular flexibility index (Phi) is 2.22. The van der Waals surface area contributed by atoms with Gasteiger partial charge in [0.1, 0.15) is 0 Å². The van der Waals surface area contributed by atoms with Crippen LogP contribution in [-0.2, 0) is 0 Å². The maximum atomic E-state index is 6.60. The molecular weight excluding hydrogens is 114 g/mol. The van der Waals surface area contributed by atoms with Crippen molar-refractivity contribution in [1.82, 2.24) is 4.42 Å². The minimum atomic E-state index is -0.225. The van der Waals surface area contributed by atoms with Crippen molar-refractivity contribution >= 4 is 17.7 Å². The number of nitrogens with two attached hydrogens (primary N) is 1. The third-order valence-corrected chi connectivity index (χ3v) is 0.711. The van der Waals surface area contributed by atoms with Gasteiger partial charge in [0.15, 0.2) is 0 Å². The molecule has 0 rings (SSSR count). The van der Waals surface area contributed by atoms with Crippen LogP contribution < -0.4 is 5.73 Å². The predicted octanol–water partition coefficient (Wildman–Crippen LogP) is 0.479. The molecule has 0 saturated heterocycles. The maximum absolute atomic E-state index is 6.60. The first-order valence-electron chi connectivity index (χ1n) is 1.60. The summed E-state index contributed by atoms with van der Waals surface area (Å²) in [4.78, 5) is 0. The topological polar surface area (TPSA) is 53.1 Å². The highest BCUT2D eigenvalue weighted by atomic mass is 35.5. The molecule has 0 aromatic rings. The van der Waals surface area contributed by atoms with E-state index >= 15 is 0 Å². The molecule has 0 aliphatic rings. The van der Waals surface area contributed by atoms with Crippen LogP contribution in [-0.4, -0.2) is 10.4 Å². The lowest BCUT2D eigenvalue weighted by Crippen LogP contribution is -2.23. The van der Waals surface area contributed by atoms with Crippen molar-refractivity contribution in [3.05, 3.63) is 12.8 Å². The molecule has 0 heterocycles. The Morgan fingerprint density at radius 2 is 2.43 bits per heavy atom. The molecule has 0 spiro atoms. The summed E-state index contributed by atoms with van der Waals surface area (Å²) in [7, 11) is 0. The zero-order valence-electron chi connectivity index (χ0n) is 3.69. The molecule has 0 atom stereocenters. The standard InChI is InChI=1S/C3H6ClN3/c1-2-7(4)3(5)6/h2H,1H2,(H3,5,6). The summed E-state index contributed by atoms with van der Waals surface area (Å²) in [5, 5.41) is 6.60. The number of nitrogens with zero attached hydrogens (tertiary/aromatic N) is 1. The van der Waals surface area contributed by atoms with Gasteiger partial charge in [0.25, 0.3) is 0 Å². The molecule has 0 amide bonds. The zero-order valence-corrected chi connectivity index (χ0v) is 4.44. The van der Waals surface area contributed by atoms with Gasteiger partial charge < -0.3 is 5.73 Å². The summed E-state index contributed by atoms with van der Waals surface area (Å²) in [6.07, 6.45) is 1.24. The van der Waals surface area contributed by atoms with E-state index in [-0.39, 0.29) is 5.96 Å². The number of hydrogen-bond acceptors (Lipinski definition) is 1. The lowest BCUT2D eigenvalue weighted by Gasteiger charge is -2.02. The number of rotatable bonds is 1. The van der Waals surface area contributed by atoms with E-state index in [9.17, 15) is 0 Å². The van der Waals surface area contributed by atoms with Crippen molar-refractivity contribution in [3.63, 3.8) is 0 Å². The molecule has 0 aromatic carbocycles. The predicted molar refractivity (Wildman–Crippen MR) is 29.8 cm³/mol. The quantitative estimate of drug-likeness (QED) is 0.300. The Morgan fingerprint density at radius 3 is 2.43 bits per heavy atom. The van der Waals surface area contributed by atoms with Crippen molar-refractivity contribution in [1.29, 1.82) is 5.41 Å². The van der Waals surface area contributed by atoms with Crippen LogP contribution >= 0.6 is 11.8 Å². The van der Waals surface area contributed by atoms with Crippen LogP contribution in [0.4, 0.5) is 0 Å². The van der Waals surface area contributed by atoms with Gasteiger partial charge in [-0.05, 0) is 0 Å². The van der Waals surface area contributed by atoms with Gasteiger partial charge in [-0.2, -0.15) is 0 Å². The van der Waals surface area contributed by atoms with E-state index in [1.807, 2.05) is 0 Å². The lowest BCUT2D eigenvalue weighted by atomic mass is 10.9. The fourth-order valence-electron chi connectivity index (χ4n) is 0.0983. The third kappa shape index (κ3) is 2.05. The third-order valence-electron chi connectivity index (χ3n) is 0.390. The van der Waals surface area contributed by atoms with Crippen LogP contribution in [0.1, 0.15) is 0 Å². The first kappa shape index (κ1) is 6.30. The fourth-order valence-corrected chi connectivity index (χ4v) is 0.0983. The zero-order chi connectivity index (χ0) is 5.86. The summed E-state index contributed by atoms with van der Waals surface area (Å²) >= 11 is 5.17. The molecule has 40 valence electrons. The second-order valence-electron chi connectivity index (χ2n) is 0.879. The van der Waals surface area contributed by atoms with Crippen LogP contribution in [0, 0.1) is 5.41 Å². The van der Waals surface area contributed by atoms with Gasteiger partial charge in [0, 0.05) is 18.0 Å². The molecule has 0 fully saturated rings. The molecule has 0 aromatic heterocycles. The van der Waals surface area contributed by atoms with Crippen LogP contribution in [0.5, 0.6) is 0 Å². The van der Waals surface area contributed by atoms with Gasteiger partial charge in [-0.3, -0.25) is 5.41 Å². The molecule has 0 unspecified atom stereocenters. The van der Waals surface area contributed by atoms with Crippen molar-refractivity contribution < 1.29 is 0 Å². The van der Waals surface area contributed by atoms with Crippen LogP contribution in [0.3, 0.4) is 0 Å². The normalized spacial score (nSPS) is 7.57. The molecule has 4 heteroatoms. The van der Waals surface area contributed by atoms with Gasteiger partial charge in [-0.15, -0.1) is 0 Å². The fraction of sp³-hybridized carbons (Fsp3) is 0. The van der Waals surface area contributed by atoms with Crippen molar-refractivity contribution in [2.75, 3.05) is 0 Å². The minimum Gasteiger partial charge on any atom is -0.369 e. The molecular formula is C3H6ClN3. The molecule has 0 aliphatic heterocycles. The summed E-state index contributed by atoms with van der Waals surface area (Å²) < 4.78 is 0.889. The molecule has 3 nitrogen and oxygen atoms in total. The van der Waals surface area contributed by atoms with Crippen LogP contribution in [0.25, 0.3) is 0 Å². The van der Waals surface area contributed by atoms with E-state index in [1.54, 1.807) is 0 Å². The van der Waals surface area contributed by atoms with E-state index in [1.165, 1.54) is 6.20 Å². The molecule has 0 bridgehead atoms. The maximum Gasteiger partial charge on any atom is 0.207 e. The molecule has 0 radical (unpaired) electrons. The highest BCUT2D eigenvalue weighted by Gasteiger charge is 1.90. The van der Waals surface area contributed by atoms with E-state index in [2.05, 4.69) is 6.58 Å². The first-order valence-corrected chi connectivity index (χ1v) is 1.94. The minimum absolute atomic E-state index is 0.225. The SMILES string of the molecule is C=CN(Cl)C(=N)N. The summed E-state index contributed by atoms with van der Waals surface area (Å²) in [5.74, 6) is -0.225. The Morgan fingerprint density at radius 1 is 2.00 bits per heavy atom. The average Bonchev–Trinajstić information content (AvgIpc) is 1.65. The summed E-state index contributed by atoms with van der Waals surface area (Å²) in [5.41, 5.74) is 4.85. The number of guanidine groups is 1. The summed E-state index contributed by atoms with van der Waals surface area (Å²) in [6.45, 7) is 3.26. The highest BCUT2D eigenvalue weighted by molar-refractivity contribution is 6.21. The smallest absolute Gasteiger partial charge is 0.207 e.